The Balaban J connectivity index is 1.77. The van der Waals surface area contributed by atoms with Gasteiger partial charge in [0, 0.05) is 23.1 Å². The fourth-order valence-corrected chi connectivity index (χ4v) is 5.03. The molecule has 0 aliphatic carbocycles. The van der Waals surface area contributed by atoms with E-state index >= 15 is 0 Å². The highest BCUT2D eigenvalue weighted by molar-refractivity contribution is 9.10. The second-order valence-corrected chi connectivity index (χ2v) is 9.66. The van der Waals surface area contributed by atoms with Gasteiger partial charge in [0.2, 0.25) is 0 Å². The van der Waals surface area contributed by atoms with Crippen LogP contribution in [0.15, 0.2) is 45.8 Å². The summed E-state index contributed by atoms with van der Waals surface area (Å²) in [4.78, 5) is 25.2. The molecular formula is C22H18BrClNO5S2-. The third-order valence-corrected chi connectivity index (χ3v) is 6.85. The summed E-state index contributed by atoms with van der Waals surface area (Å²) in [5.74, 6) is -0.409. The third-order valence-electron chi connectivity index (χ3n) is 4.52. The van der Waals surface area contributed by atoms with E-state index in [1.54, 1.807) is 18.2 Å². The first-order valence-electron chi connectivity index (χ1n) is 9.49. The standard InChI is InChI=1S/C22H19BrClNO5S2/c1-29-17-10-13(9-15(23)20(17)30-12-14-5-2-3-6-16(14)24)11-18-21(28)25(22(31)32-18)8-4-7-19(26)27/h2-3,5-6,9-11H,4,7-8,12H2,1H3,(H,26,27)/p-1. The van der Waals surface area contributed by atoms with E-state index in [1.165, 1.54) is 23.8 Å². The molecule has 168 valence electrons. The van der Waals surface area contributed by atoms with Gasteiger partial charge in [0.1, 0.15) is 10.9 Å². The van der Waals surface area contributed by atoms with E-state index in [0.717, 1.165) is 5.56 Å². The van der Waals surface area contributed by atoms with Crippen molar-refractivity contribution in [3.05, 3.63) is 61.9 Å². The monoisotopic (exact) mass is 554 g/mol. The van der Waals surface area contributed by atoms with Gasteiger partial charge in [0.25, 0.3) is 5.91 Å². The molecule has 1 aliphatic rings. The van der Waals surface area contributed by atoms with Crippen molar-refractivity contribution in [2.45, 2.75) is 19.4 Å². The summed E-state index contributed by atoms with van der Waals surface area (Å²) in [6, 6.07) is 11.0. The number of carbonyl (C=O) groups is 2. The summed E-state index contributed by atoms with van der Waals surface area (Å²) in [6.07, 6.45) is 1.86. The smallest absolute Gasteiger partial charge is 0.266 e. The summed E-state index contributed by atoms with van der Waals surface area (Å²) in [5.41, 5.74) is 1.56. The molecular weight excluding hydrogens is 538 g/mol. The van der Waals surface area contributed by atoms with Crippen molar-refractivity contribution >= 4 is 73.8 Å². The van der Waals surface area contributed by atoms with Crippen LogP contribution in [-0.4, -0.2) is 34.8 Å². The van der Waals surface area contributed by atoms with Gasteiger partial charge in [-0.05, 0) is 58.6 Å². The van der Waals surface area contributed by atoms with E-state index < -0.39 is 5.97 Å². The highest BCUT2D eigenvalue weighted by atomic mass is 79.9. The minimum absolute atomic E-state index is 0.129. The molecule has 0 N–H and O–H groups in total. The maximum absolute atomic E-state index is 12.7. The number of ether oxygens (including phenoxy) is 2. The van der Waals surface area contributed by atoms with Crippen molar-refractivity contribution in [3.63, 3.8) is 0 Å². The minimum Gasteiger partial charge on any atom is -0.550 e. The average molecular weight is 556 g/mol. The topological polar surface area (TPSA) is 78.9 Å². The molecule has 32 heavy (non-hydrogen) atoms. The summed E-state index contributed by atoms with van der Waals surface area (Å²) in [5, 5.41) is 11.2. The molecule has 1 heterocycles. The van der Waals surface area contributed by atoms with Crippen molar-refractivity contribution < 1.29 is 24.2 Å². The number of aliphatic carboxylic acids is 1. The lowest BCUT2D eigenvalue weighted by Gasteiger charge is -2.15. The second-order valence-electron chi connectivity index (χ2n) is 6.72. The van der Waals surface area contributed by atoms with Crippen LogP contribution in [0.1, 0.15) is 24.0 Å². The summed E-state index contributed by atoms with van der Waals surface area (Å²) < 4.78 is 12.5. The molecule has 0 aromatic heterocycles. The van der Waals surface area contributed by atoms with Crippen LogP contribution >= 0.6 is 51.5 Å². The molecule has 0 unspecified atom stereocenters. The molecule has 0 spiro atoms. The Morgan fingerprint density at radius 3 is 2.78 bits per heavy atom. The molecule has 0 radical (unpaired) electrons. The largest absolute Gasteiger partial charge is 0.550 e. The van der Waals surface area contributed by atoms with Gasteiger partial charge in [-0.1, -0.05) is 53.8 Å². The fourth-order valence-electron chi connectivity index (χ4n) is 2.95. The van der Waals surface area contributed by atoms with Gasteiger partial charge in [-0.15, -0.1) is 0 Å². The predicted octanol–water partition coefficient (Wildman–Crippen LogP) is 4.42. The Bertz CT molecular complexity index is 1090. The Morgan fingerprint density at radius 1 is 1.34 bits per heavy atom. The lowest BCUT2D eigenvalue weighted by atomic mass is 10.1. The second kappa shape index (κ2) is 11.2. The highest BCUT2D eigenvalue weighted by Gasteiger charge is 2.31. The number of halogens is 2. The summed E-state index contributed by atoms with van der Waals surface area (Å²) >= 11 is 16.2. The first kappa shape index (κ1) is 24.6. The molecule has 1 aliphatic heterocycles. The van der Waals surface area contributed by atoms with Crippen LogP contribution in [0, 0.1) is 0 Å². The van der Waals surface area contributed by atoms with E-state index in [-0.39, 0.29) is 31.9 Å². The van der Waals surface area contributed by atoms with E-state index in [9.17, 15) is 14.7 Å². The van der Waals surface area contributed by atoms with Gasteiger partial charge in [-0.2, -0.15) is 0 Å². The van der Waals surface area contributed by atoms with Crippen molar-refractivity contribution in [1.29, 1.82) is 0 Å². The van der Waals surface area contributed by atoms with Crippen molar-refractivity contribution in [2.24, 2.45) is 0 Å². The number of methoxy groups -OCH3 is 1. The van der Waals surface area contributed by atoms with Gasteiger partial charge in [-0.3, -0.25) is 9.69 Å². The van der Waals surface area contributed by atoms with Crippen LogP contribution in [0.25, 0.3) is 6.08 Å². The van der Waals surface area contributed by atoms with Gasteiger partial charge in [0.15, 0.2) is 11.5 Å². The third kappa shape index (κ3) is 6.04. The molecule has 2 aromatic carbocycles. The molecule has 1 fully saturated rings. The van der Waals surface area contributed by atoms with Crippen LogP contribution in [0.3, 0.4) is 0 Å². The maximum atomic E-state index is 12.7. The van der Waals surface area contributed by atoms with Gasteiger partial charge >= 0.3 is 0 Å². The SMILES string of the molecule is COc1cc(C=C2SC(=S)N(CCCC(=O)[O-])C2=O)cc(Br)c1OCc1ccccc1Cl. The lowest BCUT2D eigenvalue weighted by Crippen LogP contribution is -2.30. The van der Waals surface area contributed by atoms with Crippen LogP contribution < -0.4 is 14.6 Å². The molecule has 1 amide bonds. The molecule has 0 atom stereocenters. The number of carbonyl (C=O) groups excluding carboxylic acids is 2. The summed E-state index contributed by atoms with van der Waals surface area (Å²) in [6.45, 7) is 0.496. The minimum atomic E-state index is -1.15. The Hall–Kier alpha value is -2.07. The van der Waals surface area contributed by atoms with Gasteiger partial charge < -0.3 is 19.4 Å². The molecule has 10 heteroatoms. The number of hydrogen-bond donors (Lipinski definition) is 0. The van der Waals surface area contributed by atoms with Crippen molar-refractivity contribution in [2.75, 3.05) is 13.7 Å². The molecule has 2 aromatic rings. The normalized spacial score (nSPS) is 14.8. The lowest BCUT2D eigenvalue weighted by molar-refractivity contribution is -0.305. The van der Waals surface area contributed by atoms with E-state index in [4.69, 9.17) is 33.3 Å². The number of thiocarbonyl (C=S) groups is 1. The first-order chi connectivity index (χ1) is 15.3. The van der Waals surface area contributed by atoms with E-state index in [1.807, 2.05) is 24.3 Å². The number of hydrogen-bond acceptors (Lipinski definition) is 7. The Morgan fingerprint density at radius 2 is 2.09 bits per heavy atom. The van der Waals surface area contributed by atoms with E-state index in [0.29, 0.717) is 35.8 Å². The molecule has 1 saturated heterocycles. The van der Waals surface area contributed by atoms with Crippen molar-refractivity contribution in [1.82, 2.24) is 4.90 Å². The number of nitrogens with zero attached hydrogens (tertiary/aromatic N) is 1. The Kier molecular flexibility index (Phi) is 8.58. The van der Waals surface area contributed by atoms with Crippen LogP contribution in [0.4, 0.5) is 0 Å². The number of benzene rings is 2. The number of thioether (sulfide) groups is 1. The molecule has 0 bridgehead atoms. The highest BCUT2D eigenvalue weighted by Crippen LogP contribution is 2.39. The zero-order chi connectivity index (χ0) is 23.3. The number of rotatable bonds is 9. The quantitative estimate of drug-likeness (QED) is 0.335. The van der Waals surface area contributed by atoms with Crippen LogP contribution in [-0.2, 0) is 16.2 Å². The fraction of sp³-hybridized carbons (Fsp3) is 0.227. The van der Waals surface area contributed by atoms with Gasteiger partial charge in [-0.25, -0.2) is 0 Å². The predicted molar refractivity (Wildman–Crippen MR) is 131 cm³/mol. The maximum Gasteiger partial charge on any atom is 0.266 e. The summed E-state index contributed by atoms with van der Waals surface area (Å²) in [7, 11) is 1.53. The number of amides is 1. The van der Waals surface area contributed by atoms with Crippen LogP contribution in [0.2, 0.25) is 5.02 Å². The first-order valence-corrected chi connectivity index (χ1v) is 11.9. The van der Waals surface area contributed by atoms with E-state index in [2.05, 4.69) is 15.9 Å². The molecule has 3 rings (SSSR count). The average Bonchev–Trinajstić information content (AvgIpc) is 3.00. The number of carboxylic acids is 1. The molecule has 6 nitrogen and oxygen atoms in total. The molecule has 0 saturated carbocycles. The zero-order valence-corrected chi connectivity index (χ0v) is 20.9. The number of carboxylic acid groups (broad SMARTS) is 1. The van der Waals surface area contributed by atoms with Gasteiger partial charge in [0.05, 0.1) is 16.5 Å². The van der Waals surface area contributed by atoms with Crippen LogP contribution in [0.5, 0.6) is 11.5 Å². The van der Waals surface area contributed by atoms with Crippen molar-refractivity contribution in [3.8, 4) is 11.5 Å². The Labute approximate surface area is 208 Å². The zero-order valence-electron chi connectivity index (χ0n) is 16.9.